The number of guanidine groups is 1. The van der Waals surface area contributed by atoms with E-state index in [4.69, 9.17) is 0 Å². The van der Waals surface area contributed by atoms with Gasteiger partial charge in [0, 0.05) is 39.3 Å². The average Bonchev–Trinajstić information content (AvgIpc) is 3.17. The Hall–Kier alpha value is -1.90. The third-order valence-electron chi connectivity index (χ3n) is 5.42. The molecule has 7 heteroatoms. The highest BCUT2D eigenvalue weighted by molar-refractivity contribution is 14.0. The van der Waals surface area contributed by atoms with Gasteiger partial charge in [0.2, 0.25) is 5.91 Å². The number of aliphatic imine (C=N–C) groups is 1. The van der Waals surface area contributed by atoms with Gasteiger partial charge in [-0.05, 0) is 24.3 Å². The number of fused-ring (bicyclic) bond motifs is 1. The summed E-state index contributed by atoms with van der Waals surface area (Å²) in [6, 6.07) is 10.2. The molecule has 1 aromatic carbocycles. The summed E-state index contributed by atoms with van der Waals surface area (Å²) in [5.74, 6) is 0.904. The molecule has 3 rings (SSSR count). The molecule has 0 bridgehead atoms. The predicted octanol–water partition coefficient (Wildman–Crippen LogP) is 3.17. The zero-order chi connectivity index (χ0) is 19.3. The molecule has 1 aliphatic carbocycles. The number of rotatable bonds is 5. The van der Waals surface area contributed by atoms with E-state index in [2.05, 4.69) is 32.7 Å². The van der Waals surface area contributed by atoms with Crippen LogP contribution in [0.3, 0.4) is 0 Å². The number of nitrogens with one attached hydrogen (secondary N) is 2. The van der Waals surface area contributed by atoms with E-state index in [0.717, 1.165) is 36.8 Å². The first kappa shape index (κ1) is 22.4. The summed E-state index contributed by atoms with van der Waals surface area (Å²) < 4.78 is 0. The van der Waals surface area contributed by atoms with Crippen molar-refractivity contribution in [1.29, 1.82) is 0 Å². The van der Waals surface area contributed by atoms with E-state index in [1.54, 1.807) is 11.9 Å². The van der Waals surface area contributed by atoms with Gasteiger partial charge in [-0.25, -0.2) is 0 Å². The van der Waals surface area contributed by atoms with Crippen molar-refractivity contribution in [2.45, 2.75) is 32.2 Å². The van der Waals surface area contributed by atoms with E-state index < -0.39 is 0 Å². The Morgan fingerprint density at radius 1 is 1.18 bits per heavy atom. The van der Waals surface area contributed by atoms with Gasteiger partial charge in [-0.2, -0.15) is 0 Å². The molecule has 1 aliphatic rings. The van der Waals surface area contributed by atoms with Gasteiger partial charge >= 0.3 is 0 Å². The van der Waals surface area contributed by atoms with Crippen LogP contribution in [0.5, 0.6) is 0 Å². The lowest BCUT2D eigenvalue weighted by molar-refractivity contribution is -0.138. The Bertz CT molecular complexity index is 825. The number of hydrogen-bond donors (Lipinski definition) is 2. The van der Waals surface area contributed by atoms with Gasteiger partial charge in [-0.15, -0.1) is 24.0 Å². The van der Waals surface area contributed by atoms with Gasteiger partial charge in [-0.1, -0.05) is 37.1 Å². The summed E-state index contributed by atoms with van der Waals surface area (Å²) in [4.78, 5) is 23.3. The van der Waals surface area contributed by atoms with Crippen molar-refractivity contribution in [2.24, 2.45) is 10.4 Å². The monoisotopic (exact) mass is 495 g/mol. The third kappa shape index (κ3) is 4.92. The topological polar surface area (TPSA) is 69.6 Å². The third-order valence-corrected chi connectivity index (χ3v) is 5.42. The lowest BCUT2D eigenvalue weighted by atomic mass is 9.84. The highest BCUT2D eigenvalue weighted by atomic mass is 127. The van der Waals surface area contributed by atoms with E-state index in [0.29, 0.717) is 19.0 Å². The Morgan fingerprint density at radius 3 is 2.57 bits per heavy atom. The van der Waals surface area contributed by atoms with Crippen LogP contribution in [0.25, 0.3) is 10.8 Å². The molecule has 152 valence electrons. The summed E-state index contributed by atoms with van der Waals surface area (Å²) in [5.41, 5.74) is 0.662. The number of halogens is 1. The zero-order valence-electron chi connectivity index (χ0n) is 16.9. The van der Waals surface area contributed by atoms with E-state index in [9.17, 15) is 4.79 Å². The summed E-state index contributed by atoms with van der Waals surface area (Å²) >= 11 is 0. The molecule has 2 aromatic rings. The van der Waals surface area contributed by atoms with Crippen LogP contribution in [0.1, 0.15) is 31.4 Å². The Balaban J connectivity index is 0.00000280. The van der Waals surface area contributed by atoms with E-state index in [1.165, 1.54) is 5.39 Å². The van der Waals surface area contributed by atoms with Crippen LogP contribution in [-0.2, 0) is 11.3 Å². The maximum absolute atomic E-state index is 12.7. The summed E-state index contributed by atoms with van der Waals surface area (Å²) in [6.45, 7) is 1.18. The molecule has 0 atom stereocenters. The minimum Gasteiger partial charge on any atom is -0.355 e. The second-order valence-electron chi connectivity index (χ2n) is 7.45. The van der Waals surface area contributed by atoms with Crippen molar-refractivity contribution in [1.82, 2.24) is 20.5 Å². The quantitative estimate of drug-likeness (QED) is 0.380. The minimum atomic E-state index is -0.321. The molecule has 0 saturated heterocycles. The lowest BCUT2D eigenvalue weighted by Gasteiger charge is -2.31. The molecule has 1 aromatic heterocycles. The van der Waals surface area contributed by atoms with E-state index in [-0.39, 0.29) is 35.3 Å². The molecule has 0 aliphatic heterocycles. The first-order valence-electron chi connectivity index (χ1n) is 9.55. The second-order valence-corrected chi connectivity index (χ2v) is 7.45. The molecular weight excluding hydrogens is 465 g/mol. The number of hydrogen-bond acceptors (Lipinski definition) is 3. The number of amides is 1. The van der Waals surface area contributed by atoms with Crippen molar-refractivity contribution in [2.75, 3.05) is 27.7 Å². The number of carbonyl (C=O) groups excluding carboxylic acids is 1. The van der Waals surface area contributed by atoms with Crippen LogP contribution in [0, 0.1) is 5.41 Å². The normalized spacial score (nSPS) is 15.8. The number of pyridine rings is 1. The van der Waals surface area contributed by atoms with Crippen molar-refractivity contribution in [3.05, 3.63) is 42.2 Å². The molecule has 28 heavy (non-hydrogen) atoms. The highest BCUT2D eigenvalue weighted by Crippen LogP contribution is 2.38. The summed E-state index contributed by atoms with van der Waals surface area (Å²) in [6.07, 6.45) is 5.90. The van der Waals surface area contributed by atoms with Crippen LogP contribution in [0.2, 0.25) is 0 Å². The number of carbonyl (C=O) groups is 1. The van der Waals surface area contributed by atoms with Gasteiger partial charge < -0.3 is 15.5 Å². The number of nitrogens with zero attached hydrogens (tertiary/aromatic N) is 3. The molecule has 1 saturated carbocycles. The van der Waals surface area contributed by atoms with Gasteiger partial charge in [0.25, 0.3) is 0 Å². The molecular formula is C21H30IN5O. The Kier molecular flexibility index (Phi) is 8.03. The number of benzene rings is 1. The van der Waals surface area contributed by atoms with Crippen LogP contribution in [0.4, 0.5) is 0 Å². The maximum Gasteiger partial charge on any atom is 0.230 e. The van der Waals surface area contributed by atoms with Crippen LogP contribution < -0.4 is 10.6 Å². The maximum atomic E-state index is 12.7. The van der Waals surface area contributed by atoms with E-state index in [1.807, 2.05) is 38.5 Å². The van der Waals surface area contributed by atoms with Crippen LogP contribution >= 0.6 is 24.0 Å². The minimum absolute atomic E-state index is 0. The molecule has 0 spiro atoms. The molecule has 1 amide bonds. The SMILES string of the molecule is CN=C(NCc1nccc2ccccc12)NCC1(C(=O)N(C)C)CCCC1.I. The Labute approximate surface area is 184 Å². The first-order valence-corrected chi connectivity index (χ1v) is 9.55. The first-order chi connectivity index (χ1) is 13.1. The van der Waals surface area contributed by atoms with Crippen molar-refractivity contribution in [3.63, 3.8) is 0 Å². The summed E-state index contributed by atoms with van der Waals surface area (Å²) in [7, 11) is 5.42. The molecule has 6 nitrogen and oxygen atoms in total. The largest absolute Gasteiger partial charge is 0.355 e. The fourth-order valence-electron chi connectivity index (χ4n) is 3.96. The molecule has 2 N–H and O–H groups in total. The average molecular weight is 495 g/mol. The lowest BCUT2D eigenvalue weighted by Crippen LogP contribution is -2.49. The van der Waals surface area contributed by atoms with Gasteiger partial charge in [0.1, 0.15) is 0 Å². The predicted molar refractivity (Wildman–Crippen MR) is 125 cm³/mol. The fraction of sp³-hybridized carbons (Fsp3) is 0.476. The van der Waals surface area contributed by atoms with Gasteiger partial charge in [-0.3, -0.25) is 14.8 Å². The zero-order valence-corrected chi connectivity index (χ0v) is 19.2. The molecule has 1 heterocycles. The molecule has 1 fully saturated rings. The molecule has 0 unspecified atom stereocenters. The fourth-order valence-corrected chi connectivity index (χ4v) is 3.96. The highest BCUT2D eigenvalue weighted by Gasteiger charge is 2.42. The smallest absolute Gasteiger partial charge is 0.230 e. The van der Waals surface area contributed by atoms with Crippen molar-refractivity contribution >= 4 is 46.6 Å². The summed E-state index contributed by atoms with van der Waals surface area (Å²) in [5, 5.41) is 9.02. The Morgan fingerprint density at radius 2 is 1.89 bits per heavy atom. The second kappa shape index (κ2) is 10.0. The molecule has 0 radical (unpaired) electrons. The van der Waals surface area contributed by atoms with Crippen molar-refractivity contribution < 1.29 is 4.79 Å². The van der Waals surface area contributed by atoms with Gasteiger partial charge in [0.15, 0.2) is 5.96 Å². The van der Waals surface area contributed by atoms with Crippen LogP contribution in [0.15, 0.2) is 41.5 Å². The van der Waals surface area contributed by atoms with Crippen molar-refractivity contribution in [3.8, 4) is 0 Å². The van der Waals surface area contributed by atoms with Gasteiger partial charge in [0.05, 0.1) is 17.7 Å². The van der Waals surface area contributed by atoms with Crippen LogP contribution in [-0.4, -0.2) is 49.4 Å². The number of aromatic nitrogens is 1. The van der Waals surface area contributed by atoms with E-state index >= 15 is 0 Å². The standard InChI is InChI=1S/C21H29N5O.HI/c1-22-20(25-15-21(11-6-7-12-21)19(27)26(2)3)24-14-18-17-9-5-4-8-16(17)10-13-23-18;/h4-5,8-10,13H,6-7,11-12,14-15H2,1-3H3,(H2,22,24,25);1H.